The Kier molecular flexibility index (Phi) is 4.85. The lowest BCUT2D eigenvalue weighted by atomic mass is 10.1. The van der Waals surface area contributed by atoms with E-state index in [1.165, 1.54) is 42.5 Å². The van der Waals surface area contributed by atoms with E-state index in [0.29, 0.717) is 11.3 Å². The van der Waals surface area contributed by atoms with Crippen molar-refractivity contribution in [2.75, 3.05) is 0 Å². The van der Waals surface area contributed by atoms with Crippen molar-refractivity contribution < 1.29 is 18.8 Å². The number of aromatic nitrogens is 2. The molecule has 0 saturated heterocycles. The van der Waals surface area contributed by atoms with Crippen LogP contribution < -0.4 is 4.74 Å². The lowest BCUT2D eigenvalue weighted by Crippen LogP contribution is -2.10. The van der Waals surface area contributed by atoms with Crippen molar-refractivity contribution in [2.45, 2.75) is 0 Å². The number of esters is 1. The Bertz CT molecular complexity index is 978. The molecule has 130 valence electrons. The summed E-state index contributed by atoms with van der Waals surface area (Å²) in [6, 6.07) is 12.2. The number of nitro groups is 1. The van der Waals surface area contributed by atoms with Crippen molar-refractivity contribution >= 4 is 23.3 Å². The summed E-state index contributed by atoms with van der Waals surface area (Å²) in [5.74, 6) is -1.30. The Hall–Kier alpha value is -3.39. The minimum Gasteiger partial charge on any atom is -0.402 e. The highest BCUT2D eigenvalue weighted by molar-refractivity contribution is 6.32. The third kappa shape index (κ3) is 3.81. The molecule has 1 heterocycles. The first-order valence-corrected chi connectivity index (χ1v) is 7.57. The van der Waals surface area contributed by atoms with Crippen LogP contribution in [0.25, 0.3) is 11.3 Å². The highest BCUT2D eigenvalue weighted by Crippen LogP contribution is 2.25. The first-order chi connectivity index (χ1) is 12.4. The van der Waals surface area contributed by atoms with E-state index in [2.05, 4.69) is 10.2 Å². The molecule has 0 amide bonds. The normalized spacial score (nSPS) is 10.4. The number of nitro benzene ring substituents is 1. The van der Waals surface area contributed by atoms with Crippen molar-refractivity contribution in [3.8, 4) is 17.1 Å². The van der Waals surface area contributed by atoms with Crippen molar-refractivity contribution in [1.29, 1.82) is 0 Å². The Balaban J connectivity index is 1.77. The van der Waals surface area contributed by atoms with Gasteiger partial charge in [-0.05, 0) is 42.5 Å². The maximum Gasteiger partial charge on any atom is 0.345 e. The molecule has 0 aliphatic carbocycles. The van der Waals surface area contributed by atoms with Gasteiger partial charge in [0.25, 0.3) is 5.69 Å². The lowest BCUT2D eigenvalue weighted by molar-refractivity contribution is -0.384. The molecule has 2 aromatic carbocycles. The van der Waals surface area contributed by atoms with Gasteiger partial charge in [0.15, 0.2) is 0 Å². The molecule has 26 heavy (non-hydrogen) atoms. The zero-order valence-corrected chi connectivity index (χ0v) is 13.7. The molecule has 9 heteroatoms. The minimum absolute atomic E-state index is 0.0505. The van der Waals surface area contributed by atoms with Crippen LogP contribution in [0.3, 0.4) is 0 Å². The van der Waals surface area contributed by atoms with E-state index >= 15 is 0 Å². The lowest BCUT2D eigenvalue weighted by Gasteiger charge is -2.05. The SMILES string of the molecule is O=C(Oc1ccc(-c2ccc(F)cc2)nn1)c1ccc(Cl)c([N+](=O)[O-])c1. The summed E-state index contributed by atoms with van der Waals surface area (Å²) in [6.45, 7) is 0. The largest absolute Gasteiger partial charge is 0.402 e. The Morgan fingerprint density at radius 1 is 1.08 bits per heavy atom. The summed E-state index contributed by atoms with van der Waals surface area (Å²) in [6.07, 6.45) is 0. The zero-order valence-electron chi connectivity index (χ0n) is 12.9. The van der Waals surface area contributed by atoms with E-state index in [1.807, 2.05) is 0 Å². The predicted octanol–water partition coefficient (Wildman–Crippen LogP) is 4.06. The number of hydrogen-bond donors (Lipinski definition) is 0. The van der Waals surface area contributed by atoms with Crippen LogP contribution in [0.2, 0.25) is 5.02 Å². The van der Waals surface area contributed by atoms with E-state index in [4.69, 9.17) is 16.3 Å². The number of halogens is 2. The molecule has 0 spiro atoms. The summed E-state index contributed by atoms with van der Waals surface area (Å²) in [5, 5.41) is 18.5. The van der Waals surface area contributed by atoms with Gasteiger partial charge >= 0.3 is 5.97 Å². The molecule has 0 aliphatic rings. The summed E-state index contributed by atoms with van der Waals surface area (Å²) < 4.78 is 18.0. The van der Waals surface area contributed by atoms with E-state index in [-0.39, 0.29) is 22.3 Å². The fraction of sp³-hybridized carbons (Fsp3) is 0. The molecule has 7 nitrogen and oxygen atoms in total. The second kappa shape index (κ2) is 7.24. The molecule has 0 radical (unpaired) electrons. The average Bonchev–Trinajstić information content (AvgIpc) is 2.63. The van der Waals surface area contributed by atoms with Gasteiger partial charge < -0.3 is 4.74 Å². The van der Waals surface area contributed by atoms with E-state index in [1.54, 1.807) is 6.07 Å². The molecule has 0 bridgehead atoms. The van der Waals surface area contributed by atoms with Gasteiger partial charge in [-0.1, -0.05) is 11.6 Å². The summed E-state index contributed by atoms with van der Waals surface area (Å²) in [5.41, 5.74) is 0.654. The number of rotatable bonds is 4. The number of hydrogen-bond acceptors (Lipinski definition) is 6. The highest BCUT2D eigenvalue weighted by Gasteiger charge is 2.18. The zero-order chi connectivity index (χ0) is 18.7. The van der Waals surface area contributed by atoms with Crippen LogP contribution >= 0.6 is 11.6 Å². The average molecular weight is 374 g/mol. The van der Waals surface area contributed by atoms with Gasteiger partial charge in [-0.2, -0.15) is 0 Å². The number of carbonyl (C=O) groups excluding carboxylic acids is 1. The second-order valence-corrected chi connectivity index (χ2v) is 5.48. The molecule has 0 N–H and O–H groups in total. The molecule has 0 atom stereocenters. The summed E-state index contributed by atoms with van der Waals surface area (Å²) >= 11 is 5.70. The third-order valence-electron chi connectivity index (χ3n) is 3.36. The molecule has 0 unspecified atom stereocenters. The van der Waals surface area contributed by atoms with Gasteiger partial charge in [0.1, 0.15) is 10.8 Å². The van der Waals surface area contributed by atoms with Crippen molar-refractivity contribution in [2.24, 2.45) is 0 Å². The first-order valence-electron chi connectivity index (χ1n) is 7.20. The maximum absolute atomic E-state index is 12.9. The van der Waals surface area contributed by atoms with Crippen LogP contribution in [0.15, 0.2) is 54.6 Å². The van der Waals surface area contributed by atoms with Crippen molar-refractivity contribution in [3.05, 3.63) is 81.1 Å². The smallest absolute Gasteiger partial charge is 0.345 e. The van der Waals surface area contributed by atoms with E-state index < -0.39 is 16.6 Å². The standard InChI is InChI=1S/C17H9ClFN3O4/c18-13-6-3-11(9-15(13)22(24)25)17(23)26-16-8-7-14(20-21-16)10-1-4-12(19)5-2-10/h1-9H. The third-order valence-corrected chi connectivity index (χ3v) is 3.68. The van der Waals surface area contributed by atoms with Gasteiger partial charge in [-0.15, -0.1) is 10.2 Å². The van der Waals surface area contributed by atoms with Crippen LogP contribution in [-0.2, 0) is 0 Å². The molecule has 1 aromatic heterocycles. The topological polar surface area (TPSA) is 95.2 Å². The van der Waals surface area contributed by atoms with Crippen LogP contribution in [0.4, 0.5) is 10.1 Å². The second-order valence-electron chi connectivity index (χ2n) is 5.08. The van der Waals surface area contributed by atoms with Gasteiger partial charge in [0.05, 0.1) is 16.2 Å². The summed E-state index contributed by atoms with van der Waals surface area (Å²) in [7, 11) is 0. The van der Waals surface area contributed by atoms with Gasteiger partial charge in [-0.3, -0.25) is 10.1 Å². The van der Waals surface area contributed by atoms with Crippen molar-refractivity contribution in [1.82, 2.24) is 10.2 Å². The Morgan fingerprint density at radius 3 is 2.42 bits per heavy atom. The molecule has 3 rings (SSSR count). The maximum atomic E-state index is 12.9. The first kappa shape index (κ1) is 17.4. The van der Waals surface area contributed by atoms with E-state index in [9.17, 15) is 19.3 Å². The van der Waals surface area contributed by atoms with Crippen molar-refractivity contribution in [3.63, 3.8) is 0 Å². The van der Waals surface area contributed by atoms with E-state index in [0.717, 1.165) is 6.07 Å². The molecule has 0 fully saturated rings. The fourth-order valence-electron chi connectivity index (χ4n) is 2.08. The van der Waals surface area contributed by atoms with Crippen LogP contribution in [-0.4, -0.2) is 21.1 Å². The van der Waals surface area contributed by atoms with Crippen LogP contribution in [0.5, 0.6) is 5.88 Å². The summed E-state index contributed by atoms with van der Waals surface area (Å²) in [4.78, 5) is 22.3. The number of carbonyl (C=O) groups is 1. The number of benzene rings is 2. The van der Waals surface area contributed by atoms with Crippen LogP contribution in [0, 0.1) is 15.9 Å². The highest BCUT2D eigenvalue weighted by atomic mass is 35.5. The Labute approximate surface area is 151 Å². The molecule has 0 saturated carbocycles. The number of nitrogens with zero attached hydrogens (tertiary/aromatic N) is 3. The van der Waals surface area contributed by atoms with Crippen LogP contribution in [0.1, 0.15) is 10.4 Å². The quantitative estimate of drug-likeness (QED) is 0.388. The number of ether oxygens (including phenoxy) is 1. The Morgan fingerprint density at radius 2 is 1.81 bits per heavy atom. The molecule has 3 aromatic rings. The molecular formula is C17H9ClFN3O4. The van der Waals surface area contributed by atoms with Gasteiger partial charge in [0, 0.05) is 17.7 Å². The van der Waals surface area contributed by atoms with Gasteiger partial charge in [0.2, 0.25) is 5.88 Å². The predicted molar refractivity (Wildman–Crippen MR) is 90.5 cm³/mol. The fourth-order valence-corrected chi connectivity index (χ4v) is 2.27. The molecular weight excluding hydrogens is 365 g/mol. The minimum atomic E-state index is -0.839. The monoisotopic (exact) mass is 373 g/mol. The van der Waals surface area contributed by atoms with Gasteiger partial charge in [-0.25, -0.2) is 9.18 Å². The molecule has 0 aliphatic heterocycles.